The topological polar surface area (TPSA) is 105 Å². The monoisotopic (exact) mass is 482 g/mol. The van der Waals surface area contributed by atoms with E-state index in [2.05, 4.69) is 5.10 Å². The number of nitrogens with zero attached hydrogens (tertiary/aromatic N) is 2. The van der Waals surface area contributed by atoms with Crippen LogP contribution < -0.4 is 9.74 Å². The molecule has 33 heavy (non-hydrogen) atoms. The van der Waals surface area contributed by atoms with Crippen molar-refractivity contribution >= 4 is 16.1 Å². The van der Waals surface area contributed by atoms with Crippen molar-refractivity contribution in [3.05, 3.63) is 81.8 Å². The smallest absolute Gasteiger partial charge is 0.417 e. The first-order chi connectivity index (χ1) is 15.4. The summed E-state index contributed by atoms with van der Waals surface area (Å²) in [5, 5.41) is 3.86. The Labute approximate surface area is 186 Å². The highest BCUT2D eigenvalue weighted by Gasteiger charge is 2.38. The second-order valence-electron chi connectivity index (χ2n) is 6.69. The van der Waals surface area contributed by atoms with Gasteiger partial charge in [0.15, 0.2) is 5.75 Å². The molecule has 1 aromatic heterocycles. The van der Waals surface area contributed by atoms with Gasteiger partial charge >= 0.3 is 22.3 Å². The van der Waals surface area contributed by atoms with Crippen molar-refractivity contribution in [2.45, 2.75) is 24.9 Å². The molecule has 3 aromatic rings. The lowest BCUT2D eigenvalue weighted by Crippen LogP contribution is -2.26. The van der Waals surface area contributed by atoms with Crippen molar-refractivity contribution in [3.8, 4) is 11.4 Å². The van der Waals surface area contributed by atoms with E-state index in [0.29, 0.717) is 18.2 Å². The minimum atomic E-state index is -5.11. The van der Waals surface area contributed by atoms with E-state index in [1.54, 1.807) is 12.1 Å². The van der Waals surface area contributed by atoms with E-state index < -0.39 is 49.7 Å². The quantitative estimate of drug-likeness (QED) is 0.391. The Morgan fingerprint density at radius 3 is 2.33 bits per heavy atom. The lowest BCUT2D eigenvalue weighted by molar-refractivity contribution is -0.139. The van der Waals surface area contributed by atoms with Gasteiger partial charge in [-0.15, -0.1) is 0 Å². The molecule has 0 saturated heterocycles. The number of aryl methyl sites for hydroxylation is 1. The van der Waals surface area contributed by atoms with Crippen LogP contribution in [0.2, 0.25) is 0 Å². The van der Waals surface area contributed by atoms with Crippen LogP contribution >= 0.6 is 0 Å². The summed E-state index contributed by atoms with van der Waals surface area (Å²) in [5.74, 6) is -1.99. The zero-order valence-corrected chi connectivity index (χ0v) is 18.1. The van der Waals surface area contributed by atoms with Crippen LogP contribution in [0.3, 0.4) is 0 Å². The molecule has 0 aliphatic heterocycles. The third-order valence-corrected chi connectivity index (χ3v) is 5.60. The van der Waals surface area contributed by atoms with Crippen LogP contribution in [0, 0.1) is 6.92 Å². The van der Waals surface area contributed by atoms with Gasteiger partial charge in [-0.3, -0.25) is 4.79 Å². The molecule has 2 aromatic carbocycles. The van der Waals surface area contributed by atoms with Gasteiger partial charge in [-0.05, 0) is 38.1 Å². The van der Waals surface area contributed by atoms with Gasteiger partial charge in [0, 0.05) is 0 Å². The number of carbonyl (C=O) groups excluding carboxylic acids is 1. The van der Waals surface area contributed by atoms with Crippen molar-refractivity contribution in [3.63, 3.8) is 0 Å². The van der Waals surface area contributed by atoms with E-state index in [-0.39, 0.29) is 12.3 Å². The molecule has 0 bridgehead atoms. The van der Waals surface area contributed by atoms with Crippen LogP contribution in [-0.4, -0.2) is 30.8 Å². The van der Waals surface area contributed by atoms with Gasteiger partial charge in [0.1, 0.15) is 4.90 Å². The Kier molecular flexibility index (Phi) is 6.58. The zero-order valence-electron chi connectivity index (χ0n) is 17.3. The number of alkyl halides is 3. The average molecular weight is 482 g/mol. The Morgan fingerprint density at radius 1 is 1.09 bits per heavy atom. The molecule has 0 aliphatic carbocycles. The van der Waals surface area contributed by atoms with Gasteiger partial charge < -0.3 is 8.92 Å². The number of rotatable bonds is 6. The highest BCUT2D eigenvalue weighted by Crippen LogP contribution is 2.35. The van der Waals surface area contributed by atoms with Crippen LogP contribution in [0.4, 0.5) is 13.2 Å². The number of hydrogen-bond donors (Lipinski definition) is 0. The second kappa shape index (κ2) is 9.06. The minimum Gasteiger partial charge on any atom is -0.461 e. The number of carbonyl (C=O) groups is 1. The predicted octanol–water partition coefficient (Wildman–Crippen LogP) is 3.50. The third-order valence-electron chi connectivity index (χ3n) is 4.31. The maximum Gasteiger partial charge on any atom is 0.417 e. The van der Waals surface area contributed by atoms with E-state index in [9.17, 15) is 31.2 Å². The van der Waals surface area contributed by atoms with Gasteiger partial charge in [0.25, 0.3) is 5.56 Å². The molecule has 0 spiro atoms. The van der Waals surface area contributed by atoms with Gasteiger partial charge in [0.05, 0.1) is 23.9 Å². The molecule has 0 atom stereocenters. The highest BCUT2D eigenvalue weighted by atomic mass is 32.2. The summed E-state index contributed by atoms with van der Waals surface area (Å²) in [7, 11) is -5.11. The van der Waals surface area contributed by atoms with Crippen molar-refractivity contribution in [1.82, 2.24) is 9.78 Å². The molecule has 0 fully saturated rings. The van der Waals surface area contributed by atoms with E-state index in [1.807, 2.05) is 6.92 Å². The molecule has 0 saturated carbocycles. The maximum atomic E-state index is 13.3. The summed E-state index contributed by atoms with van der Waals surface area (Å²) in [6.07, 6.45) is -5.00. The van der Waals surface area contributed by atoms with Crippen molar-refractivity contribution < 1.29 is 35.3 Å². The first kappa shape index (κ1) is 24.0. The normalized spacial score (nSPS) is 11.8. The lowest BCUT2D eigenvalue weighted by Gasteiger charge is -2.15. The lowest BCUT2D eigenvalue weighted by atomic mass is 10.2. The van der Waals surface area contributed by atoms with Crippen molar-refractivity contribution in [1.29, 1.82) is 0 Å². The first-order valence-electron chi connectivity index (χ1n) is 9.43. The summed E-state index contributed by atoms with van der Waals surface area (Å²) in [5.41, 5.74) is -1.92. The fourth-order valence-electron chi connectivity index (χ4n) is 2.80. The standard InChI is InChI=1S/C21H17F3N2O6S/c1-3-31-20(28)19-16(12-18(27)26(25-19)14-10-8-13(2)9-11-14)32-33(29,30)17-7-5-4-6-15(17)21(22,23)24/h4-12H,3H2,1-2H3. The molecule has 0 unspecified atom stereocenters. The van der Waals surface area contributed by atoms with E-state index in [4.69, 9.17) is 8.92 Å². The molecule has 0 radical (unpaired) electrons. The average Bonchev–Trinajstić information content (AvgIpc) is 2.74. The summed E-state index contributed by atoms with van der Waals surface area (Å²) in [4.78, 5) is 23.8. The predicted molar refractivity (Wildman–Crippen MR) is 110 cm³/mol. The largest absolute Gasteiger partial charge is 0.461 e. The molecule has 8 nitrogen and oxygen atoms in total. The highest BCUT2D eigenvalue weighted by molar-refractivity contribution is 7.87. The number of halogens is 3. The minimum absolute atomic E-state index is 0.118. The van der Waals surface area contributed by atoms with Crippen molar-refractivity contribution in [2.75, 3.05) is 6.61 Å². The van der Waals surface area contributed by atoms with Crippen LogP contribution in [0.1, 0.15) is 28.5 Å². The SMILES string of the molecule is CCOC(=O)c1nn(-c2ccc(C)cc2)c(=O)cc1OS(=O)(=O)c1ccccc1C(F)(F)F. The van der Waals surface area contributed by atoms with Crippen LogP contribution in [-0.2, 0) is 21.0 Å². The van der Waals surface area contributed by atoms with Gasteiger partial charge in [-0.1, -0.05) is 29.8 Å². The van der Waals surface area contributed by atoms with Gasteiger partial charge in [0.2, 0.25) is 5.69 Å². The number of hydrogen-bond acceptors (Lipinski definition) is 7. The van der Waals surface area contributed by atoms with E-state index in [0.717, 1.165) is 22.4 Å². The fraction of sp³-hybridized carbons (Fsp3) is 0.190. The molecular formula is C21H17F3N2O6S. The number of ether oxygens (including phenoxy) is 1. The van der Waals surface area contributed by atoms with Crippen LogP contribution in [0.5, 0.6) is 5.75 Å². The summed E-state index contributed by atoms with van der Waals surface area (Å²) in [6, 6.07) is 10.4. The van der Waals surface area contributed by atoms with Crippen molar-refractivity contribution in [2.24, 2.45) is 0 Å². The van der Waals surface area contributed by atoms with E-state index >= 15 is 0 Å². The molecule has 3 rings (SSSR count). The second-order valence-corrected chi connectivity index (χ2v) is 8.21. The number of esters is 1. The Hall–Kier alpha value is -3.67. The Balaban J connectivity index is 2.15. The van der Waals surface area contributed by atoms with Crippen LogP contribution in [0.15, 0.2) is 64.3 Å². The first-order valence-corrected chi connectivity index (χ1v) is 10.8. The molecule has 12 heteroatoms. The molecule has 174 valence electrons. The van der Waals surface area contributed by atoms with E-state index in [1.165, 1.54) is 19.1 Å². The Morgan fingerprint density at radius 2 is 1.73 bits per heavy atom. The maximum absolute atomic E-state index is 13.3. The number of benzene rings is 2. The summed E-state index contributed by atoms with van der Waals surface area (Å²) in [6.45, 7) is 3.17. The van der Waals surface area contributed by atoms with Gasteiger partial charge in [-0.2, -0.15) is 31.4 Å². The summed E-state index contributed by atoms with van der Waals surface area (Å²) < 4.78 is 75.8. The number of aromatic nitrogens is 2. The fourth-order valence-corrected chi connectivity index (χ4v) is 3.95. The molecular weight excluding hydrogens is 465 g/mol. The molecule has 0 N–H and O–H groups in total. The molecule has 0 amide bonds. The van der Waals surface area contributed by atoms with Gasteiger partial charge in [-0.25, -0.2) is 4.79 Å². The van der Waals surface area contributed by atoms with Crippen LogP contribution in [0.25, 0.3) is 5.69 Å². The third kappa shape index (κ3) is 5.22. The molecule has 0 aliphatic rings. The Bertz CT molecular complexity index is 1350. The summed E-state index contributed by atoms with van der Waals surface area (Å²) >= 11 is 0. The molecule has 1 heterocycles. The zero-order chi connectivity index (χ0) is 24.4.